The highest BCUT2D eigenvalue weighted by molar-refractivity contribution is 9.10. The number of hydrogen-bond donors (Lipinski definition) is 1. The lowest BCUT2D eigenvalue weighted by atomic mass is 9.80. The molecule has 1 N–H and O–H groups in total. The second-order valence-corrected chi connectivity index (χ2v) is 6.95. The van der Waals surface area contributed by atoms with Crippen LogP contribution in [0.3, 0.4) is 0 Å². The van der Waals surface area contributed by atoms with Crippen molar-refractivity contribution in [3.05, 3.63) is 22.6 Å². The molecule has 1 aliphatic heterocycles. The van der Waals surface area contributed by atoms with E-state index in [0.29, 0.717) is 12.0 Å². The van der Waals surface area contributed by atoms with Crippen LogP contribution < -0.4 is 5.32 Å². The van der Waals surface area contributed by atoms with Gasteiger partial charge in [0.1, 0.15) is 5.76 Å². The fourth-order valence-electron chi connectivity index (χ4n) is 3.93. The van der Waals surface area contributed by atoms with E-state index in [1.165, 1.54) is 32.1 Å². The fourth-order valence-corrected chi connectivity index (χ4v) is 4.25. The first-order chi connectivity index (χ1) is 9.72. The van der Waals surface area contributed by atoms with Crippen molar-refractivity contribution in [2.75, 3.05) is 13.2 Å². The summed E-state index contributed by atoms with van der Waals surface area (Å²) >= 11 is 3.42. The van der Waals surface area contributed by atoms with Gasteiger partial charge in [-0.3, -0.25) is 0 Å². The first-order valence-corrected chi connectivity index (χ1v) is 8.64. The average Bonchev–Trinajstić information content (AvgIpc) is 3.06. The highest BCUT2D eigenvalue weighted by Crippen LogP contribution is 2.45. The van der Waals surface area contributed by atoms with Crippen molar-refractivity contribution in [1.82, 2.24) is 5.32 Å². The van der Waals surface area contributed by atoms with Crippen molar-refractivity contribution in [2.45, 2.75) is 57.1 Å². The smallest absolute Gasteiger partial charge is 0.169 e. The monoisotopic (exact) mass is 341 g/mol. The summed E-state index contributed by atoms with van der Waals surface area (Å²) in [5, 5.41) is 3.62. The zero-order valence-corrected chi connectivity index (χ0v) is 13.7. The van der Waals surface area contributed by atoms with Gasteiger partial charge in [0, 0.05) is 6.61 Å². The molecule has 1 aliphatic carbocycles. The van der Waals surface area contributed by atoms with E-state index in [9.17, 15) is 0 Å². The van der Waals surface area contributed by atoms with Crippen LogP contribution in [0.4, 0.5) is 0 Å². The lowest BCUT2D eigenvalue weighted by molar-refractivity contribution is -0.0990. The summed E-state index contributed by atoms with van der Waals surface area (Å²) in [6.07, 6.45) is 7.42. The quantitative estimate of drug-likeness (QED) is 0.879. The van der Waals surface area contributed by atoms with Crippen molar-refractivity contribution < 1.29 is 9.15 Å². The lowest BCUT2D eigenvalue weighted by Crippen LogP contribution is -2.41. The molecule has 2 aliphatic rings. The van der Waals surface area contributed by atoms with Gasteiger partial charge in [-0.2, -0.15) is 0 Å². The Morgan fingerprint density at radius 1 is 1.40 bits per heavy atom. The summed E-state index contributed by atoms with van der Waals surface area (Å²) in [6.45, 7) is 4.03. The average molecular weight is 342 g/mol. The summed E-state index contributed by atoms with van der Waals surface area (Å²) in [5.41, 5.74) is 0.167. The third kappa shape index (κ3) is 2.97. The Balaban J connectivity index is 1.76. The van der Waals surface area contributed by atoms with Crippen LogP contribution in [0.25, 0.3) is 0 Å². The second-order valence-electron chi connectivity index (χ2n) is 6.17. The molecule has 2 unspecified atom stereocenters. The van der Waals surface area contributed by atoms with E-state index in [0.717, 1.165) is 30.0 Å². The Labute approximate surface area is 129 Å². The molecular weight excluding hydrogens is 318 g/mol. The van der Waals surface area contributed by atoms with E-state index in [4.69, 9.17) is 9.15 Å². The zero-order chi connectivity index (χ0) is 14.0. The summed E-state index contributed by atoms with van der Waals surface area (Å²) in [4.78, 5) is 0. The molecule has 0 amide bonds. The Morgan fingerprint density at radius 2 is 2.20 bits per heavy atom. The molecule has 2 atom stereocenters. The Bertz CT molecular complexity index is 439. The predicted octanol–water partition coefficient (Wildman–Crippen LogP) is 4.43. The van der Waals surface area contributed by atoms with Gasteiger partial charge in [-0.15, -0.1) is 0 Å². The molecule has 3 rings (SSSR count). The van der Waals surface area contributed by atoms with Gasteiger partial charge in [0.15, 0.2) is 4.67 Å². The van der Waals surface area contributed by atoms with Crippen LogP contribution in [-0.2, 0) is 4.74 Å². The molecule has 4 heteroatoms. The van der Waals surface area contributed by atoms with E-state index in [-0.39, 0.29) is 5.60 Å². The molecule has 0 bridgehead atoms. The summed E-state index contributed by atoms with van der Waals surface area (Å²) < 4.78 is 12.8. The van der Waals surface area contributed by atoms with Gasteiger partial charge < -0.3 is 14.5 Å². The summed E-state index contributed by atoms with van der Waals surface area (Å²) in [6, 6.07) is 4.39. The Morgan fingerprint density at radius 3 is 2.85 bits per heavy atom. The first-order valence-electron chi connectivity index (χ1n) is 7.85. The molecular formula is C16H24BrNO2. The highest BCUT2D eigenvalue weighted by Gasteiger charge is 2.42. The van der Waals surface area contributed by atoms with Crippen LogP contribution in [0.15, 0.2) is 21.2 Å². The number of ether oxygens (including phenoxy) is 1. The van der Waals surface area contributed by atoms with Gasteiger partial charge in [0.25, 0.3) is 0 Å². The number of nitrogens with one attached hydrogen (secondary N) is 1. The van der Waals surface area contributed by atoms with Crippen LogP contribution in [0.2, 0.25) is 0 Å². The van der Waals surface area contributed by atoms with Crippen molar-refractivity contribution >= 4 is 15.9 Å². The maximum atomic E-state index is 6.16. The van der Waals surface area contributed by atoms with Gasteiger partial charge in [-0.1, -0.05) is 19.8 Å². The number of hydrogen-bond acceptors (Lipinski definition) is 3. The van der Waals surface area contributed by atoms with Crippen molar-refractivity contribution in [1.29, 1.82) is 0 Å². The van der Waals surface area contributed by atoms with E-state index >= 15 is 0 Å². The Hall–Kier alpha value is -0.320. The minimum atomic E-state index is 0.167. The number of halogens is 1. The first kappa shape index (κ1) is 14.6. The number of rotatable bonds is 4. The summed E-state index contributed by atoms with van der Waals surface area (Å²) in [7, 11) is 0. The fraction of sp³-hybridized carbons (Fsp3) is 0.750. The molecule has 1 aromatic heterocycles. The molecule has 0 aromatic carbocycles. The van der Waals surface area contributed by atoms with Gasteiger partial charge in [-0.05, 0) is 66.2 Å². The Kier molecular flexibility index (Phi) is 4.53. The molecule has 0 radical (unpaired) electrons. The van der Waals surface area contributed by atoms with Gasteiger partial charge >= 0.3 is 0 Å². The van der Waals surface area contributed by atoms with E-state index in [2.05, 4.69) is 34.2 Å². The third-order valence-corrected chi connectivity index (χ3v) is 5.27. The van der Waals surface area contributed by atoms with Crippen molar-refractivity contribution in [2.24, 2.45) is 5.92 Å². The van der Waals surface area contributed by atoms with Gasteiger partial charge in [0.2, 0.25) is 0 Å². The lowest BCUT2D eigenvalue weighted by Gasteiger charge is -2.41. The molecule has 1 spiro atoms. The van der Waals surface area contributed by atoms with Crippen LogP contribution in [0.5, 0.6) is 0 Å². The minimum Gasteiger partial charge on any atom is -0.453 e. The van der Waals surface area contributed by atoms with Crippen LogP contribution >= 0.6 is 15.9 Å². The maximum Gasteiger partial charge on any atom is 0.169 e. The third-order valence-electron chi connectivity index (χ3n) is 4.84. The molecule has 112 valence electrons. The number of furan rings is 1. The second kappa shape index (κ2) is 6.20. The zero-order valence-electron chi connectivity index (χ0n) is 12.2. The van der Waals surface area contributed by atoms with Crippen LogP contribution in [0.1, 0.15) is 57.3 Å². The van der Waals surface area contributed by atoms with E-state index in [1.54, 1.807) is 0 Å². The molecule has 1 saturated carbocycles. The standard InChI is InChI=1S/C16H24BrNO2/c1-2-18-15(13-5-6-14(17)20-13)12-7-10-19-16(11-12)8-3-4-9-16/h5-6,12,15,18H,2-4,7-11H2,1H3. The molecule has 2 fully saturated rings. The predicted molar refractivity (Wildman–Crippen MR) is 82.7 cm³/mol. The van der Waals surface area contributed by atoms with Crippen LogP contribution in [-0.4, -0.2) is 18.8 Å². The molecule has 1 aromatic rings. The maximum absolute atomic E-state index is 6.16. The SMILES string of the molecule is CCNC(c1ccc(Br)o1)C1CCOC2(CCCC2)C1. The molecule has 3 nitrogen and oxygen atoms in total. The molecule has 1 saturated heterocycles. The van der Waals surface area contributed by atoms with Gasteiger partial charge in [-0.25, -0.2) is 0 Å². The normalized spacial score (nSPS) is 27.0. The van der Waals surface area contributed by atoms with Gasteiger partial charge in [0.05, 0.1) is 11.6 Å². The molecule has 20 heavy (non-hydrogen) atoms. The van der Waals surface area contributed by atoms with Crippen molar-refractivity contribution in [3.8, 4) is 0 Å². The molecule has 2 heterocycles. The largest absolute Gasteiger partial charge is 0.453 e. The highest BCUT2D eigenvalue weighted by atomic mass is 79.9. The van der Waals surface area contributed by atoms with E-state index in [1.807, 2.05) is 6.07 Å². The van der Waals surface area contributed by atoms with Crippen LogP contribution in [0, 0.1) is 5.92 Å². The summed E-state index contributed by atoms with van der Waals surface area (Å²) in [5.74, 6) is 1.67. The minimum absolute atomic E-state index is 0.167. The topological polar surface area (TPSA) is 34.4 Å². The van der Waals surface area contributed by atoms with Crippen molar-refractivity contribution in [3.63, 3.8) is 0 Å². The van der Waals surface area contributed by atoms with E-state index < -0.39 is 0 Å².